The van der Waals surface area contributed by atoms with Gasteiger partial charge in [-0.1, -0.05) is 0 Å². The van der Waals surface area contributed by atoms with Crippen molar-refractivity contribution in [2.45, 2.75) is 30.7 Å². The van der Waals surface area contributed by atoms with Crippen molar-refractivity contribution in [3.05, 3.63) is 40.9 Å². The lowest BCUT2D eigenvalue weighted by molar-refractivity contribution is 0.0397. The van der Waals surface area contributed by atoms with Gasteiger partial charge in [0.25, 0.3) is 0 Å². The van der Waals surface area contributed by atoms with E-state index in [0.29, 0.717) is 15.6 Å². The van der Waals surface area contributed by atoms with Crippen molar-refractivity contribution in [1.82, 2.24) is 15.3 Å². The van der Waals surface area contributed by atoms with Gasteiger partial charge in [-0.2, -0.15) is 0 Å². The zero-order chi connectivity index (χ0) is 21.2. The van der Waals surface area contributed by atoms with Gasteiger partial charge in [-0.05, 0) is 44.0 Å². The quantitative estimate of drug-likeness (QED) is 0.411. The summed E-state index contributed by atoms with van der Waals surface area (Å²) in [5, 5.41) is 5.40. The van der Waals surface area contributed by atoms with Crippen molar-refractivity contribution in [2.24, 2.45) is 0 Å². The fraction of sp³-hybridized carbons (Fsp3) is 0.364. The molecule has 6 rings (SSSR count). The summed E-state index contributed by atoms with van der Waals surface area (Å²) in [6.45, 7) is 2.58. The van der Waals surface area contributed by atoms with Crippen molar-refractivity contribution >= 4 is 48.8 Å². The molecular formula is C22H20F2N4OS2. The van der Waals surface area contributed by atoms with Gasteiger partial charge in [0.05, 0.1) is 4.70 Å². The molecule has 5 heterocycles. The van der Waals surface area contributed by atoms with Crippen LogP contribution in [0.5, 0.6) is 0 Å². The number of thiophene rings is 1. The Kier molecular flexibility index (Phi) is 4.50. The maximum Gasteiger partial charge on any atom is 0.176 e. The average molecular weight is 459 g/mol. The molecule has 3 N–H and O–H groups in total. The van der Waals surface area contributed by atoms with Crippen LogP contribution in [0, 0.1) is 11.6 Å². The first kappa shape index (κ1) is 19.5. The average Bonchev–Trinajstić information content (AvgIpc) is 3.49. The molecular weight excluding hydrogens is 438 g/mol. The van der Waals surface area contributed by atoms with Crippen molar-refractivity contribution in [2.75, 3.05) is 25.5 Å². The number of hydrogen-bond acceptors (Lipinski definition) is 7. The summed E-state index contributed by atoms with van der Waals surface area (Å²) in [4.78, 5) is 11.3. The van der Waals surface area contributed by atoms with E-state index in [1.807, 2.05) is 6.07 Å². The Morgan fingerprint density at radius 1 is 1.19 bits per heavy atom. The number of hydrogen-bond donors (Lipinski definition) is 2. The molecule has 5 nitrogen and oxygen atoms in total. The Bertz CT molecular complexity index is 1310. The molecule has 31 heavy (non-hydrogen) atoms. The van der Waals surface area contributed by atoms with Gasteiger partial charge < -0.3 is 15.8 Å². The lowest BCUT2D eigenvalue weighted by Gasteiger charge is -2.38. The van der Waals surface area contributed by atoms with E-state index in [9.17, 15) is 8.78 Å². The number of ether oxygens (including phenoxy) is 1. The standard InChI is InChI=1S/C22H20F2N4OS2/c23-14-10-16-19(17(24)18(14)25)28-21(31-16)11-1-5-26-20-12(11)9-15(30-20)13-2-6-27-22(13)3-7-29-8-4-22/h1,5,9-10,13,27H,2-4,6-8,25H2. The van der Waals surface area contributed by atoms with Gasteiger partial charge in [0.2, 0.25) is 0 Å². The highest BCUT2D eigenvalue weighted by Crippen LogP contribution is 2.47. The number of nitrogen functional groups attached to an aromatic ring is 1. The second-order valence-corrected chi connectivity index (χ2v) is 10.3. The molecule has 2 aliphatic heterocycles. The highest BCUT2D eigenvalue weighted by molar-refractivity contribution is 7.22. The highest BCUT2D eigenvalue weighted by Gasteiger charge is 2.45. The Balaban J connectivity index is 1.47. The molecule has 0 aliphatic carbocycles. The Hall–Kier alpha value is -2.20. The third-order valence-electron chi connectivity index (χ3n) is 6.60. The number of anilines is 1. The van der Waals surface area contributed by atoms with E-state index in [1.165, 1.54) is 22.3 Å². The largest absolute Gasteiger partial charge is 0.394 e. The zero-order valence-electron chi connectivity index (χ0n) is 16.6. The van der Waals surface area contributed by atoms with Crippen LogP contribution in [0.3, 0.4) is 0 Å². The summed E-state index contributed by atoms with van der Waals surface area (Å²) in [6, 6.07) is 5.37. The topological polar surface area (TPSA) is 73.1 Å². The van der Waals surface area contributed by atoms with Crippen LogP contribution in [-0.4, -0.2) is 35.3 Å². The number of halogens is 2. The second-order valence-electron chi connectivity index (χ2n) is 8.21. The van der Waals surface area contributed by atoms with Crippen LogP contribution >= 0.6 is 22.7 Å². The number of nitrogens with zero attached hydrogens (tertiary/aromatic N) is 2. The molecule has 1 atom stereocenters. The number of aromatic nitrogens is 2. The van der Waals surface area contributed by atoms with Crippen LogP contribution in [0.25, 0.3) is 31.0 Å². The minimum atomic E-state index is -0.799. The number of rotatable bonds is 2. The molecule has 2 saturated heterocycles. The number of nitrogens with two attached hydrogens (primary N) is 1. The summed E-state index contributed by atoms with van der Waals surface area (Å²) in [6.07, 6.45) is 4.87. The smallest absolute Gasteiger partial charge is 0.176 e. The molecule has 9 heteroatoms. The number of pyridine rings is 1. The van der Waals surface area contributed by atoms with Gasteiger partial charge in [-0.15, -0.1) is 22.7 Å². The Labute approximate surface area is 185 Å². The maximum absolute atomic E-state index is 14.5. The van der Waals surface area contributed by atoms with Gasteiger partial charge in [-0.25, -0.2) is 18.7 Å². The summed E-state index contributed by atoms with van der Waals surface area (Å²) >= 11 is 2.98. The monoisotopic (exact) mass is 458 g/mol. The first-order valence-electron chi connectivity index (χ1n) is 10.3. The van der Waals surface area contributed by atoms with Crippen LogP contribution in [0.4, 0.5) is 14.5 Å². The number of benzene rings is 1. The highest BCUT2D eigenvalue weighted by atomic mass is 32.1. The minimum Gasteiger partial charge on any atom is -0.394 e. The van der Waals surface area contributed by atoms with Crippen LogP contribution in [0.15, 0.2) is 24.4 Å². The van der Waals surface area contributed by atoms with Crippen LogP contribution < -0.4 is 11.1 Å². The van der Waals surface area contributed by atoms with Crippen molar-refractivity contribution < 1.29 is 13.5 Å². The van der Waals surface area contributed by atoms with Gasteiger partial charge in [0, 0.05) is 46.7 Å². The molecule has 0 amide bonds. The molecule has 0 saturated carbocycles. The third-order valence-corrected chi connectivity index (χ3v) is 8.80. The van der Waals surface area contributed by atoms with E-state index in [1.54, 1.807) is 17.5 Å². The third kappa shape index (κ3) is 2.98. The Morgan fingerprint density at radius 3 is 2.87 bits per heavy atom. The maximum atomic E-state index is 14.5. The first-order chi connectivity index (χ1) is 15.1. The molecule has 4 aromatic rings. The predicted molar refractivity (Wildman–Crippen MR) is 121 cm³/mol. The summed E-state index contributed by atoms with van der Waals surface area (Å²) in [7, 11) is 0. The van der Waals surface area contributed by atoms with E-state index in [2.05, 4.69) is 21.4 Å². The number of thiazole rings is 1. The van der Waals surface area contributed by atoms with Crippen molar-refractivity contribution in [1.29, 1.82) is 0 Å². The SMILES string of the molecule is Nc1c(F)cc2sc(-c3ccnc4sc(C5CCNC56CCOCC6)cc34)nc2c1F. The zero-order valence-corrected chi connectivity index (χ0v) is 18.2. The van der Waals surface area contributed by atoms with Crippen LogP contribution in [-0.2, 0) is 4.74 Å². The molecule has 160 valence electrons. The molecule has 1 unspecified atom stereocenters. The minimum absolute atomic E-state index is 0.0906. The van der Waals surface area contributed by atoms with Crippen LogP contribution in [0.1, 0.15) is 30.1 Å². The van der Waals surface area contributed by atoms with Gasteiger partial charge in [-0.3, -0.25) is 0 Å². The van der Waals surface area contributed by atoms with E-state index < -0.39 is 17.3 Å². The van der Waals surface area contributed by atoms with Crippen LogP contribution in [0.2, 0.25) is 0 Å². The lowest BCUT2D eigenvalue weighted by Crippen LogP contribution is -2.48. The normalized spacial score (nSPS) is 20.9. The van der Waals surface area contributed by atoms with Gasteiger partial charge in [0.15, 0.2) is 11.6 Å². The molecule has 2 aliphatic rings. The summed E-state index contributed by atoms with van der Waals surface area (Å²) < 4.78 is 34.4. The molecule has 0 bridgehead atoms. The van der Waals surface area contributed by atoms with Crippen molar-refractivity contribution in [3.63, 3.8) is 0 Å². The van der Waals surface area contributed by atoms with E-state index >= 15 is 0 Å². The molecule has 1 spiro atoms. The lowest BCUT2D eigenvalue weighted by atomic mass is 9.78. The molecule has 1 aromatic carbocycles. The first-order valence-corrected chi connectivity index (χ1v) is 11.9. The molecule has 0 radical (unpaired) electrons. The fourth-order valence-electron chi connectivity index (χ4n) is 4.98. The summed E-state index contributed by atoms with van der Waals surface area (Å²) in [5.74, 6) is -1.13. The fourth-order valence-corrected chi connectivity index (χ4v) is 7.29. The van der Waals surface area contributed by atoms with Gasteiger partial charge >= 0.3 is 0 Å². The molecule has 2 fully saturated rings. The van der Waals surface area contributed by atoms with E-state index in [0.717, 1.165) is 54.8 Å². The van der Waals surface area contributed by atoms with Gasteiger partial charge in [0.1, 0.15) is 21.0 Å². The summed E-state index contributed by atoms with van der Waals surface area (Å²) in [5.41, 5.74) is 6.12. The predicted octanol–water partition coefficient (Wildman–Crippen LogP) is 5.06. The number of nitrogens with one attached hydrogen (secondary N) is 1. The molecule has 3 aromatic heterocycles. The van der Waals surface area contributed by atoms with E-state index in [-0.39, 0.29) is 11.1 Å². The second kappa shape index (κ2) is 7.16. The Morgan fingerprint density at radius 2 is 2.03 bits per heavy atom. The van der Waals surface area contributed by atoms with Crippen molar-refractivity contribution in [3.8, 4) is 10.6 Å². The number of fused-ring (bicyclic) bond motifs is 2. The van der Waals surface area contributed by atoms with E-state index in [4.69, 9.17) is 10.5 Å².